The number of rotatable bonds is 10. The lowest BCUT2D eigenvalue weighted by molar-refractivity contribution is 0.285. The normalized spacial score (nSPS) is 11.7. The molecule has 5 aromatic carbocycles. The van der Waals surface area contributed by atoms with E-state index in [1.165, 1.54) is 0 Å². The van der Waals surface area contributed by atoms with Gasteiger partial charge in [-0.2, -0.15) is 0 Å². The third-order valence-electron chi connectivity index (χ3n) is 7.70. The Labute approximate surface area is 273 Å². The Hall–Kier alpha value is -4.78. The van der Waals surface area contributed by atoms with Gasteiger partial charge in [0.1, 0.15) is 24.7 Å². The molecule has 0 saturated heterocycles. The van der Waals surface area contributed by atoms with Crippen molar-refractivity contribution in [3.63, 3.8) is 0 Å². The molecule has 0 unspecified atom stereocenters. The molecule has 0 radical (unpaired) electrons. The van der Waals surface area contributed by atoms with Crippen LogP contribution in [0.15, 0.2) is 121 Å². The standard InChI is InChI=1S/C40H42N2O4/c1-39(2,3)41(43)35-19-11-29(12-20-35)31-15-23-37(24-16-31)45-27-33-9-7-8-10-34(33)28-46-38-25-17-32(18-26-38)30-13-21-36(22-14-30)42(44)40(4,5)6/h7-26H,27-28H2,1-6H3/q-2. The van der Waals surface area contributed by atoms with E-state index in [4.69, 9.17) is 9.47 Å². The van der Waals surface area contributed by atoms with Crippen LogP contribution in [0.1, 0.15) is 52.7 Å². The zero-order valence-electron chi connectivity index (χ0n) is 27.5. The van der Waals surface area contributed by atoms with Crippen molar-refractivity contribution in [1.29, 1.82) is 0 Å². The summed E-state index contributed by atoms with van der Waals surface area (Å²) in [5.74, 6) is 1.55. The second kappa shape index (κ2) is 13.7. The largest absolute Gasteiger partial charge is 0.758 e. The molecule has 6 heteroatoms. The molecule has 0 aliphatic rings. The van der Waals surface area contributed by atoms with Crippen molar-refractivity contribution in [1.82, 2.24) is 0 Å². The van der Waals surface area contributed by atoms with Gasteiger partial charge in [-0.25, -0.2) is 0 Å². The minimum atomic E-state index is -0.485. The molecule has 0 atom stereocenters. The first-order valence-electron chi connectivity index (χ1n) is 15.6. The average Bonchev–Trinajstić information content (AvgIpc) is 3.06. The smallest absolute Gasteiger partial charge is 0.119 e. The summed E-state index contributed by atoms with van der Waals surface area (Å²) < 4.78 is 12.3. The fourth-order valence-corrected chi connectivity index (χ4v) is 5.00. The molecule has 0 amide bonds. The van der Waals surface area contributed by atoms with Crippen LogP contribution in [0, 0.1) is 10.4 Å². The molecular formula is C40H42N2O4-2. The number of hydrogen-bond acceptors (Lipinski definition) is 6. The molecule has 0 saturated carbocycles. The summed E-state index contributed by atoms with van der Waals surface area (Å²) >= 11 is 0. The van der Waals surface area contributed by atoms with Gasteiger partial charge in [0.25, 0.3) is 0 Å². The van der Waals surface area contributed by atoms with Gasteiger partial charge in [-0.3, -0.25) is 0 Å². The number of benzene rings is 5. The second-order valence-corrected chi connectivity index (χ2v) is 13.4. The van der Waals surface area contributed by atoms with Crippen LogP contribution in [0.5, 0.6) is 11.5 Å². The zero-order chi connectivity index (χ0) is 32.9. The van der Waals surface area contributed by atoms with Crippen molar-refractivity contribution in [2.45, 2.75) is 65.8 Å². The molecule has 5 rings (SSSR count). The average molecular weight is 615 g/mol. The molecule has 0 N–H and O–H groups in total. The number of hydroxylamine groups is 2. The van der Waals surface area contributed by atoms with Crippen molar-refractivity contribution in [3.8, 4) is 33.8 Å². The molecule has 0 aliphatic carbocycles. The highest BCUT2D eigenvalue weighted by Gasteiger charge is 2.14. The minimum absolute atomic E-state index is 0.421. The van der Waals surface area contributed by atoms with Crippen LogP contribution in [-0.2, 0) is 13.2 Å². The molecule has 5 aromatic rings. The van der Waals surface area contributed by atoms with Crippen LogP contribution in [-0.4, -0.2) is 11.1 Å². The van der Waals surface area contributed by atoms with E-state index in [9.17, 15) is 10.4 Å². The maximum atomic E-state index is 12.5. The topological polar surface area (TPSA) is 71.1 Å². The summed E-state index contributed by atoms with van der Waals surface area (Å²) in [7, 11) is 0. The molecule has 6 nitrogen and oxygen atoms in total. The maximum absolute atomic E-state index is 12.5. The van der Waals surface area contributed by atoms with Crippen LogP contribution in [0.2, 0.25) is 0 Å². The lowest BCUT2D eigenvalue weighted by Gasteiger charge is -2.43. The third kappa shape index (κ3) is 8.08. The van der Waals surface area contributed by atoms with Gasteiger partial charge in [0.05, 0.1) is 0 Å². The highest BCUT2D eigenvalue weighted by Crippen LogP contribution is 2.30. The van der Waals surface area contributed by atoms with Crippen molar-refractivity contribution in [2.24, 2.45) is 0 Å². The van der Waals surface area contributed by atoms with Crippen LogP contribution in [0.25, 0.3) is 22.3 Å². The predicted octanol–water partition coefficient (Wildman–Crippen LogP) is 10.4. The van der Waals surface area contributed by atoms with E-state index >= 15 is 0 Å². The molecule has 0 spiro atoms. The number of nitrogens with zero attached hydrogens (tertiary/aromatic N) is 2. The van der Waals surface area contributed by atoms with E-state index in [0.29, 0.717) is 24.6 Å². The van der Waals surface area contributed by atoms with Gasteiger partial charge in [0.15, 0.2) is 0 Å². The van der Waals surface area contributed by atoms with Crippen molar-refractivity contribution < 1.29 is 9.47 Å². The maximum Gasteiger partial charge on any atom is 0.119 e. The van der Waals surface area contributed by atoms with E-state index in [1.54, 1.807) is 0 Å². The minimum Gasteiger partial charge on any atom is -0.758 e. The highest BCUT2D eigenvalue weighted by atomic mass is 16.5. The van der Waals surface area contributed by atoms with Gasteiger partial charge in [0.2, 0.25) is 0 Å². The Morgan fingerprint density at radius 3 is 1.00 bits per heavy atom. The summed E-state index contributed by atoms with van der Waals surface area (Å²) in [6.45, 7) is 12.2. The number of ether oxygens (including phenoxy) is 2. The monoisotopic (exact) mass is 614 g/mol. The molecule has 238 valence electrons. The van der Waals surface area contributed by atoms with Crippen LogP contribution in [0.3, 0.4) is 0 Å². The molecular weight excluding hydrogens is 572 g/mol. The fourth-order valence-electron chi connectivity index (χ4n) is 5.00. The van der Waals surface area contributed by atoms with E-state index in [1.807, 2.05) is 151 Å². The molecule has 0 heterocycles. The van der Waals surface area contributed by atoms with E-state index in [0.717, 1.165) is 55.0 Å². The molecule has 0 aliphatic heterocycles. The first-order chi connectivity index (χ1) is 21.9. The Balaban J connectivity index is 1.16. The van der Waals surface area contributed by atoms with Crippen molar-refractivity contribution in [2.75, 3.05) is 10.1 Å². The first-order valence-corrected chi connectivity index (χ1v) is 15.6. The van der Waals surface area contributed by atoms with Crippen molar-refractivity contribution in [3.05, 3.63) is 143 Å². The van der Waals surface area contributed by atoms with E-state index in [-0.39, 0.29) is 0 Å². The van der Waals surface area contributed by atoms with Gasteiger partial charge in [-0.15, -0.1) is 0 Å². The quantitative estimate of drug-likeness (QED) is 0.146. The van der Waals surface area contributed by atoms with Gasteiger partial charge in [-0.05, 0) is 123 Å². The van der Waals surface area contributed by atoms with Gasteiger partial charge < -0.3 is 30.0 Å². The lowest BCUT2D eigenvalue weighted by Crippen LogP contribution is -2.36. The summed E-state index contributed by atoms with van der Waals surface area (Å²) in [6.07, 6.45) is 0. The summed E-state index contributed by atoms with van der Waals surface area (Å²) in [5.41, 5.74) is 6.62. The van der Waals surface area contributed by atoms with Crippen LogP contribution in [0.4, 0.5) is 11.4 Å². The molecule has 0 fully saturated rings. The Bertz CT molecular complexity index is 1570. The Kier molecular flexibility index (Phi) is 9.71. The molecule has 0 aromatic heterocycles. The Morgan fingerprint density at radius 2 is 0.717 bits per heavy atom. The van der Waals surface area contributed by atoms with Crippen LogP contribution >= 0.6 is 0 Å². The molecule has 46 heavy (non-hydrogen) atoms. The van der Waals surface area contributed by atoms with Crippen LogP contribution < -0.4 is 19.6 Å². The van der Waals surface area contributed by atoms with Crippen molar-refractivity contribution >= 4 is 11.4 Å². The van der Waals surface area contributed by atoms with E-state index in [2.05, 4.69) is 12.1 Å². The van der Waals surface area contributed by atoms with Gasteiger partial charge in [-0.1, -0.05) is 72.8 Å². The lowest BCUT2D eigenvalue weighted by atomic mass is 10.0. The fraction of sp³-hybridized carbons (Fsp3) is 0.250. The molecule has 0 bridgehead atoms. The number of anilines is 2. The summed E-state index contributed by atoms with van der Waals surface area (Å²) in [6, 6.07) is 39.4. The second-order valence-electron chi connectivity index (χ2n) is 13.4. The predicted molar refractivity (Wildman–Crippen MR) is 190 cm³/mol. The zero-order valence-corrected chi connectivity index (χ0v) is 27.5. The van der Waals surface area contributed by atoms with E-state index < -0.39 is 11.1 Å². The summed E-state index contributed by atoms with van der Waals surface area (Å²) in [4.78, 5) is 0. The Morgan fingerprint density at radius 1 is 0.435 bits per heavy atom. The highest BCUT2D eigenvalue weighted by molar-refractivity contribution is 5.68. The SMILES string of the molecule is CC(C)(C)N([O-])c1ccc(-c2ccc(OCc3ccccc3COc3ccc(-c4ccc(N([O-])C(C)(C)C)cc4)cc3)cc2)cc1. The number of hydrogen-bond donors (Lipinski definition) is 0. The van der Waals surface area contributed by atoms with Gasteiger partial charge in [0, 0.05) is 22.5 Å². The third-order valence-corrected chi connectivity index (χ3v) is 7.70. The van der Waals surface area contributed by atoms with Gasteiger partial charge >= 0.3 is 0 Å². The summed E-state index contributed by atoms with van der Waals surface area (Å²) in [5, 5.41) is 27.0. The first kappa shape index (κ1) is 32.6.